The van der Waals surface area contributed by atoms with Gasteiger partial charge in [-0.25, -0.2) is 0 Å². The molecule has 2 N–H and O–H groups in total. The normalized spacial score (nSPS) is 21.3. The van der Waals surface area contributed by atoms with Crippen LogP contribution in [-0.2, 0) is 13.5 Å². The highest BCUT2D eigenvalue weighted by Gasteiger charge is 2.30. The Balaban J connectivity index is 2.12. The fourth-order valence-electron chi connectivity index (χ4n) is 2.55. The molecule has 1 aliphatic rings. The molecular formula is C13H22N4O. The van der Waals surface area contributed by atoms with Crippen LogP contribution in [0, 0.1) is 5.92 Å². The van der Waals surface area contributed by atoms with Gasteiger partial charge in [-0.2, -0.15) is 5.10 Å². The first kappa shape index (κ1) is 13.1. The van der Waals surface area contributed by atoms with Crippen molar-refractivity contribution < 1.29 is 4.79 Å². The Kier molecular flexibility index (Phi) is 3.71. The third-order valence-electron chi connectivity index (χ3n) is 3.73. The van der Waals surface area contributed by atoms with Crippen LogP contribution >= 0.6 is 0 Å². The van der Waals surface area contributed by atoms with Crippen molar-refractivity contribution >= 4 is 5.91 Å². The Morgan fingerprint density at radius 3 is 2.94 bits per heavy atom. The van der Waals surface area contributed by atoms with E-state index in [9.17, 15) is 4.79 Å². The zero-order chi connectivity index (χ0) is 13.3. The van der Waals surface area contributed by atoms with Crippen molar-refractivity contribution in [2.45, 2.75) is 32.7 Å². The summed E-state index contributed by atoms with van der Waals surface area (Å²) in [6.07, 6.45) is 3.61. The van der Waals surface area contributed by atoms with Gasteiger partial charge in [0.15, 0.2) is 0 Å². The molecule has 1 aromatic rings. The molecule has 1 amide bonds. The average Bonchev–Trinajstić information content (AvgIpc) is 2.94. The molecule has 0 spiro atoms. The molecule has 0 radical (unpaired) electrons. The first-order valence-electron chi connectivity index (χ1n) is 6.60. The summed E-state index contributed by atoms with van der Waals surface area (Å²) in [5.74, 6) is 0.527. The van der Waals surface area contributed by atoms with Crippen LogP contribution in [0.25, 0.3) is 0 Å². The van der Waals surface area contributed by atoms with Gasteiger partial charge in [0.2, 0.25) is 0 Å². The maximum Gasteiger partial charge on any atom is 0.257 e. The van der Waals surface area contributed by atoms with Crippen LogP contribution in [0.15, 0.2) is 6.20 Å². The van der Waals surface area contributed by atoms with Gasteiger partial charge < -0.3 is 10.6 Å². The summed E-state index contributed by atoms with van der Waals surface area (Å²) in [6.45, 7) is 5.62. The Morgan fingerprint density at radius 2 is 2.39 bits per heavy atom. The van der Waals surface area contributed by atoms with Gasteiger partial charge >= 0.3 is 0 Å². The van der Waals surface area contributed by atoms with E-state index in [4.69, 9.17) is 5.73 Å². The van der Waals surface area contributed by atoms with Crippen molar-refractivity contribution in [3.05, 3.63) is 17.5 Å². The molecule has 1 aliphatic heterocycles. The molecule has 2 unspecified atom stereocenters. The molecule has 0 aromatic carbocycles. The van der Waals surface area contributed by atoms with Crippen LogP contribution in [0.1, 0.15) is 36.3 Å². The van der Waals surface area contributed by atoms with Crippen LogP contribution in [-0.4, -0.2) is 39.7 Å². The van der Waals surface area contributed by atoms with E-state index < -0.39 is 0 Å². The summed E-state index contributed by atoms with van der Waals surface area (Å²) in [6, 6.07) is 0.155. The van der Waals surface area contributed by atoms with E-state index in [1.165, 1.54) is 0 Å². The number of rotatable bonds is 3. The fraction of sp³-hybridized carbons (Fsp3) is 0.692. The predicted octanol–water partition coefficient (Wildman–Crippen LogP) is 0.792. The molecule has 2 atom stereocenters. The van der Waals surface area contributed by atoms with Gasteiger partial charge in [-0.3, -0.25) is 9.48 Å². The number of aromatic nitrogens is 2. The lowest BCUT2D eigenvalue weighted by atomic mass is 10.0. The van der Waals surface area contributed by atoms with Crippen LogP contribution in [0.4, 0.5) is 0 Å². The molecule has 5 heteroatoms. The van der Waals surface area contributed by atoms with Crippen LogP contribution in [0.5, 0.6) is 0 Å². The van der Waals surface area contributed by atoms with E-state index in [0.717, 1.165) is 37.2 Å². The number of carbonyl (C=O) groups excluding carboxylic acids is 1. The first-order chi connectivity index (χ1) is 8.52. The highest BCUT2D eigenvalue weighted by atomic mass is 16.2. The predicted molar refractivity (Wildman–Crippen MR) is 70.2 cm³/mol. The van der Waals surface area contributed by atoms with Gasteiger partial charge in [0.05, 0.1) is 11.3 Å². The van der Waals surface area contributed by atoms with Gasteiger partial charge in [0.25, 0.3) is 5.91 Å². The maximum absolute atomic E-state index is 12.4. The molecule has 1 saturated heterocycles. The third-order valence-corrected chi connectivity index (χ3v) is 3.73. The van der Waals surface area contributed by atoms with Crippen molar-refractivity contribution in [2.75, 3.05) is 13.1 Å². The molecule has 0 bridgehead atoms. The lowest BCUT2D eigenvalue weighted by Crippen LogP contribution is -2.33. The van der Waals surface area contributed by atoms with Gasteiger partial charge in [0.1, 0.15) is 0 Å². The lowest BCUT2D eigenvalue weighted by Gasteiger charge is -2.17. The van der Waals surface area contributed by atoms with Crippen LogP contribution in [0.3, 0.4) is 0 Å². The SMILES string of the molecule is CCc1nn(C)cc1C(=O)N1CCC(C(C)N)C1. The number of hydrogen-bond donors (Lipinski definition) is 1. The minimum Gasteiger partial charge on any atom is -0.338 e. The minimum absolute atomic E-state index is 0.100. The second kappa shape index (κ2) is 5.10. The molecule has 0 saturated carbocycles. The number of nitrogens with two attached hydrogens (primary N) is 1. The molecule has 1 fully saturated rings. The molecular weight excluding hydrogens is 228 g/mol. The van der Waals surface area contributed by atoms with E-state index >= 15 is 0 Å². The van der Waals surface area contributed by atoms with E-state index in [2.05, 4.69) is 5.10 Å². The Hall–Kier alpha value is -1.36. The van der Waals surface area contributed by atoms with E-state index in [0.29, 0.717) is 5.92 Å². The molecule has 5 nitrogen and oxygen atoms in total. The summed E-state index contributed by atoms with van der Waals surface area (Å²) in [7, 11) is 1.85. The summed E-state index contributed by atoms with van der Waals surface area (Å²) in [5, 5.41) is 4.32. The van der Waals surface area contributed by atoms with Gasteiger partial charge in [-0.1, -0.05) is 6.92 Å². The summed E-state index contributed by atoms with van der Waals surface area (Å²) in [4.78, 5) is 14.3. The molecule has 18 heavy (non-hydrogen) atoms. The quantitative estimate of drug-likeness (QED) is 0.862. The van der Waals surface area contributed by atoms with Crippen molar-refractivity contribution in [3.8, 4) is 0 Å². The highest BCUT2D eigenvalue weighted by Crippen LogP contribution is 2.21. The molecule has 2 rings (SSSR count). The topological polar surface area (TPSA) is 64.2 Å². The summed E-state index contributed by atoms with van der Waals surface area (Å²) >= 11 is 0. The zero-order valence-electron chi connectivity index (χ0n) is 11.4. The average molecular weight is 250 g/mol. The van der Waals surface area contributed by atoms with Crippen LogP contribution in [0.2, 0.25) is 0 Å². The number of likely N-dealkylation sites (tertiary alicyclic amines) is 1. The lowest BCUT2D eigenvalue weighted by molar-refractivity contribution is 0.0785. The zero-order valence-corrected chi connectivity index (χ0v) is 11.4. The maximum atomic E-state index is 12.4. The summed E-state index contributed by atoms with van der Waals surface area (Å²) in [5.41, 5.74) is 7.53. The third kappa shape index (κ3) is 2.41. The van der Waals surface area contributed by atoms with Crippen molar-refractivity contribution in [3.63, 3.8) is 0 Å². The largest absolute Gasteiger partial charge is 0.338 e. The second-order valence-electron chi connectivity index (χ2n) is 5.18. The van der Waals surface area contributed by atoms with Gasteiger partial charge in [-0.05, 0) is 25.7 Å². The molecule has 0 aliphatic carbocycles. The minimum atomic E-state index is 0.100. The standard InChI is InChI=1S/C13H22N4O/c1-4-12-11(8-16(3)15-12)13(18)17-6-5-10(7-17)9(2)14/h8-10H,4-7,14H2,1-3H3. The van der Waals surface area contributed by atoms with E-state index in [1.807, 2.05) is 32.0 Å². The first-order valence-corrected chi connectivity index (χ1v) is 6.60. The van der Waals surface area contributed by atoms with Gasteiger partial charge in [-0.15, -0.1) is 0 Å². The Labute approximate surface area is 108 Å². The molecule has 2 heterocycles. The van der Waals surface area contributed by atoms with E-state index in [1.54, 1.807) is 4.68 Å². The fourth-order valence-corrected chi connectivity index (χ4v) is 2.55. The number of hydrogen-bond acceptors (Lipinski definition) is 3. The van der Waals surface area contributed by atoms with Crippen molar-refractivity contribution in [1.29, 1.82) is 0 Å². The van der Waals surface area contributed by atoms with Crippen LogP contribution < -0.4 is 5.73 Å². The number of carbonyl (C=O) groups is 1. The smallest absolute Gasteiger partial charge is 0.257 e. The summed E-state index contributed by atoms with van der Waals surface area (Å²) < 4.78 is 1.71. The van der Waals surface area contributed by atoms with Crippen molar-refractivity contribution in [2.24, 2.45) is 18.7 Å². The second-order valence-corrected chi connectivity index (χ2v) is 5.18. The number of nitrogens with zero attached hydrogens (tertiary/aromatic N) is 3. The van der Waals surface area contributed by atoms with Crippen molar-refractivity contribution in [1.82, 2.24) is 14.7 Å². The molecule has 100 valence electrons. The monoisotopic (exact) mass is 250 g/mol. The Morgan fingerprint density at radius 1 is 1.67 bits per heavy atom. The highest BCUT2D eigenvalue weighted by molar-refractivity contribution is 5.95. The molecule has 1 aromatic heterocycles. The van der Waals surface area contributed by atoms with Gasteiger partial charge in [0, 0.05) is 32.4 Å². The number of aryl methyl sites for hydroxylation is 2. The van der Waals surface area contributed by atoms with E-state index in [-0.39, 0.29) is 11.9 Å². The Bertz CT molecular complexity index is 438. The number of amides is 1.